The number of esters is 1. The van der Waals surface area contributed by atoms with Crippen LogP contribution in [-0.2, 0) is 11.2 Å². The molecule has 3 rings (SSSR count). The largest absolute Gasteiger partial charge is 0.465 e. The van der Waals surface area contributed by atoms with Crippen molar-refractivity contribution in [1.29, 1.82) is 0 Å². The topological polar surface area (TPSA) is 86.5 Å². The second kappa shape index (κ2) is 8.23. The van der Waals surface area contributed by atoms with Gasteiger partial charge < -0.3 is 9.15 Å². The lowest BCUT2D eigenvalue weighted by atomic mass is 9.88. The van der Waals surface area contributed by atoms with Crippen molar-refractivity contribution in [2.45, 2.75) is 6.42 Å². The van der Waals surface area contributed by atoms with Crippen LogP contribution >= 0.6 is 0 Å². The molecule has 2 aromatic heterocycles. The number of Topliss-reactive ketones (excluding diaryl/α,β-unsaturated/α-hetero) is 2. The number of pyridine rings is 1. The lowest BCUT2D eigenvalue weighted by molar-refractivity contribution is 0.0600. The lowest BCUT2D eigenvalue weighted by Crippen LogP contribution is -2.27. The number of hydrogen-bond acceptors (Lipinski definition) is 6. The van der Waals surface area contributed by atoms with Crippen molar-refractivity contribution in [1.82, 2.24) is 4.98 Å². The molecule has 3 aromatic rings. The summed E-state index contributed by atoms with van der Waals surface area (Å²) in [6.45, 7) is 0. The molecule has 0 aliphatic carbocycles. The molecule has 0 radical (unpaired) electrons. The summed E-state index contributed by atoms with van der Waals surface area (Å²) in [5, 5.41) is 0. The van der Waals surface area contributed by atoms with Gasteiger partial charge in [-0.25, -0.2) is 4.79 Å². The summed E-state index contributed by atoms with van der Waals surface area (Å²) < 4.78 is 9.90. The highest BCUT2D eigenvalue weighted by Crippen LogP contribution is 2.20. The molecule has 6 nitrogen and oxygen atoms in total. The molecule has 0 amide bonds. The Morgan fingerprint density at radius 1 is 1.04 bits per heavy atom. The third-order valence-corrected chi connectivity index (χ3v) is 4.10. The van der Waals surface area contributed by atoms with E-state index in [1.165, 1.54) is 25.6 Å². The minimum absolute atomic E-state index is 0.105. The number of benzene rings is 1. The number of ether oxygens (including phenoxy) is 1. The van der Waals surface area contributed by atoms with E-state index in [1.54, 1.807) is 48.5 Å². The summed E-state index contributed by atoms with van der Waals surface area (Å²) in [6, 6.07) is 14.7. The average Bonchev–Trinajstić information content (AvgIpc) is 3.26. The van der Waals surface area contributed by atoms with Gasteiger partial charge in [0.2, 0.25) is 5.78 Å². The normalized spacial score (nSPS) is 11.6. The van der Waals surface area contributed by atoms with Crippen LogP contribution in [0.1, 0.15) is 37.0 Å². The first-order valence-corrected chi connectivity index (χ1v) is 8.30. The fourth-order valence-corrected chi connectivity index (χ4v) is 2.76. The predicted octanol–water partition coefficient (Wildman–Crippen LogP) is 3.39. The smallest absolute Gasteiger partial charge is 0.337 e. The van der Waals surface area contributed by atoms with Crippen LogP contribution in [0.4, 0.5) is 0 Å². The number of ketones is 2. The van der Waals surface area contributed by atoms with Gasteiger partial charge in [0.15, 0.2) is 11.5 Å². The van der Waals surface area contributed by atoms with Crippen molar-refractivity contribution in [3.8, 4) is 0 Å². The van der Waals surface area contributed by atoms with Gasteiger partial charge in [0.1, 0.15) is 5.69 Å². The Kier molecular flexibility index (Phi) is 5.56. The zero-order chi connectivity index (χ0) is 19.2. The standard InChI is InChI=1S/C21H17NO5/c1-26-21(25)15-7-4-6-14(12-15)13-16(20(24)18-9-5-11-27-18)19(23)17-8-2-3-10-22-17/h2-12,16H,13H2,1H3. The Bertz CT molecular complexity index is 948. The highest BCUT2D eigenvalue weighted by atomic mass is 16.5. The maximum atomic E-state index is 12.9. The molecule has 0 N–H and O–H groups in total. The molecular formula is C21H17NO5. The van der Waals surface area contributed by atoms with Crippen LogP contribution in [0.3, 0.4) is 0 Å². The molecule has 0 saturated heterocycles. The molecule has 0 aliphatic rings. The summed E-state index contributed by atoms with van der Waals surface area (Å²) in [6.07, 6.45) is 2.99. The zero-order valence-corrected chi connectivity index (χ0v) is 14.6. The molecule has 1 atom stereocenters. The van der Waals surface area contributed by atoms with Crippen molar-refractivity contribution in [2.75, 3.05) is 7.11 Å². The van der Waals surface area contributed by atoms with E-state index < -0.39 is 23.5 Å². The minimum atomic E-state index is -1.01. The van der Waals surface area contributed by atoms with Gasteiger partial charge in [-0.1, -0.05) is 18.2 Å². The van der Waals surface area contributed by atoms with Crippen molar-refractivity contribution in [3.05, 3.63) is 89.6 Å². The van der Waals surface area contributed by atoms with E-state index in [0.717, 1.165) is 0 Å². The van der Waals surface area contributed by atoms with Crippen molar-refractivity contribution in [3.63, 3.8) is 0 Å². The molecular weight excluding hydrogens is 346 g/mol. The first-order chi connectivity index (χ1) is 13.1. The molecule has 1 unspecified atom stereocenters. The Morgan fingerprint density at radius 2 is 1.89 bits per heavy atom. The van der Waals surface area contributed by atoms with Crippen LogP contribution in [0.2, 0.25) is 0 Å². The van der Waals surface area contributed by atoms with Crippen LogP contribution in [0.25, 0.3) is 0 Å². The van der Waals surface area contributed by atoms with Gasteiger partial charge in [-0.15, -0.1) is 0 Å². The number of aromatic nitrogens is 1. The highest BCUT2D eigenvalue weighted by molar-refractivity contribution is 6.14. The Hall–Kier alpha value is -3.54. The number of furan rings is 1. The molecule has 0 bridgehead atoms. The molecule has 0 fully saturated rings. The second-order valence-corrected chi connectivity index (χ2v) is 5.87. The molecule has 0 saturated carbocycles. The quantitative estimate of drug-likeness (QED) is 0.363. The number of carbonyl (C=O) groups is 3. The van der Waals surface area contributed by atoms with Gasteiger partial charge in [-0.05, 0) is 48.4 Å². The predicted molar refractivity (Wildman–Crippen MR) is 96.6 cm³/mol. The number of methoxy groups -OCH3 is 1. The molecule has 6 heteroatoms. The van der Waals surface area contributed by atoms with Gasteiger partial charge in [-0.3, -0.25) is 14.6 Å². The van der Waals surface area contributed by atoms with Gasteiger partial charge in [-0.2, -0.15) is 0 Å². The summed E-state index contributed by atoms with van der Waals surface area (Å²) in [5.41, 5.74) is 1.21. The van der Waals surface area contributed by atoms with Crippen molar-refractivity contribution < 1.29 is 23.5 Å². The molecule has 136 valence electrons. The molecule has 27 heavy (non-hydrogen) atoms. The zero-order valence-electron chi connectivity index (χ0n) is 14.6. The Balaban J connectivity index is 1.94. The van der Waals surface area contributed by atoms with Crippen LogP contribution in [0, 0.1) is 5.92 Å². The first kappa shape index (κ1) is 18.3. The average molecular weight is 363 g/mol. The van der Waals surface area contributed by atoms with E-state index in [1.807, 2.05) is 0 Å². The molecule has 0 spiro atoms. The molecule has 0 aliphatic heterocycles. The van der Waals surface area contributed by atoms with Gasteiger partial charge in [0, 0.05) is 6.20 Å². The van der Waals surface area contributed by atoms with Crippen LogP contribution in [-0.4, -0.2) is 29.6 Å². The third-order valence-electron chi connectivity index (χ3n) is 4.10. The first-order valence-electron chi connectivity index (χ1n) is 8.30. The summed E-state index contributed by atoms with van der Waals surface area (Å²) >= 11 is 0. The third kappa shape index (κ3) is 4.17. The van der Waals surface area contributed by atoms with E-state index >= 15 is 0 Å². The van der Waals surface area contributed by atoms with E-state index in [0.29, 0.717) is 11.1 Å². The maximum Gasteiger partial charge on any atom is 0.337 e. The van der Waals surface area contributed by atoms with Gasteiger partial charge in [0.25, 0.3) is 0 Å². The maximum absolute atomic E-state index is 12.9. The monoisotopic (exact) mass is 363 g/mol. The van der Waals surface area contributed by atoms with E-state index in [9.17, 15) is 14.4 Å². The summed E-state index contributed by atoms with van der Waals surface area (Å²) in [5.74, 6) is -2.23. The van der Waals surface area contributed by atoms with Crippen molar-refractivity contribution >= 4 is 17.5 Å². The number of hydrogen-bond donors (Lipinski definition) is 0. The second-order valence-electron chi connectivity index (χ2n) is 5.87. The summed E-state index contributed by atoms with van der Waals surface area (Å²) in [4.78, 5) is 41.6. The van der Waals surface area contributed by atoms with Gasteiger partial charge >= 0.3 is 5.97 Å². The van der Waals surface area contributed by atoms with Gasteiger partial charge in [0.05, 0.1) is 24.9 Å². The van der Waals surface area contributed by atoms with Crippen molar-refractivity contribution in [2.24, 2.45) is 5.92 Å². The number of nitrogens with zero attached hydrogens (tertiary/aromatic N) is 1. The molecule has 1 aromatic carbocycles. The van der Waals surface area contributed by atoms with Crippen LogP contribution in [0.15, 0.2) is 71.5 Å². The van der Waals surface area contributed by atoms with Crippen LogP contribution < -0.4 is 0 Å². The fraction of sp³-hybridized carbons (Fsp3) is 0.143. The minimum Gasteiger partial charge on any atom is -0.465 e. The molecule has 2 heterocycles. The lowest BCUT2D eigenvalue weighted by Gasteiger charge is -2.14. The fourth-order valence-electron chi connectivity index (χ4n) is 2.76. The Labute approximate surface area is 155 Å². The van der Waals surface area contributed by atoms with Crippen LogP contribution in [0.5, 0.6) is 0 Å². The highest BCUT2D eigenvalue weighted by Gasteiger charge is 2.31. The summed E-state index contributed by atoms with van der Waals surface area (Å²) in [7, 11) is 1.29. The van der Waals surface area contributed by atoms with E-state index in [-0.39, 0.29) is 17.9 Å². The number of carbonyl (C=O) groups excluding carboxylic acids is 3. The van der Waals surface area contributed by atoms with E-state index in [2.05, 4.69) is 4.98 Å². The van der Waals surface area contributed by atoms with E-state index in [4.69, 9.17) is 9.15 Å². The SMILES string of the molecule is COC(=O)c1cccc(CC(C(=O)c2ccccn2)C(=O)c2ccco2)c1. The Morgan fingerprint density at radius 3 is 2.56 bits per heavy atom. The number of rotatable bonds is 7.